The Morgan fingerprint density at radius 2 is 2.11 bits per heavy atom. The molecule has 0 bridgehead atoms. The van der Waals surface area contributed by atoms with Crippen LogP contribution in [0.25, 0.3) is 17.1 Å². The molecule has 1 aliphatic heterocycles. The summed E-state index contributed by atoms with van der Waals surface area (Å²) in [6.07, 6.45) is 1.25. The zero-order valence-electron chi connectivity index (χ0n) is 20.8. The van der Waals surface area contributed by atoms with E-state index < -0.39 is 42.0 Å². The van der Waals surface area contributed by atoms with E-state index in [1.165, 1.54) is 19.4 Å². The first-order chi connectivity index (χ1) is 18.3. The molecule has 0 radical (unpaired) electrons. The number of aromatic nitrogens is 2. The van der Waals surface area contributed by atoms with Crippen LogP contribution in [-0.2, 0) is 9.53 Å². The number of hydrogen-bond acceptors (Lipinski definition) is 8. The van der Waals surface area contributed by atoms with Crippen LogP contribution < -0.4 is 15.8 Å². The Labute approximate surface area is 218 Å². The van der Waals surface area contributed by atoms with Gasteiger partial charge in [-0.1, -0.05) is 24.3 Å². The molecule has 1 aromatic heterocycles. The lowest BCUT2D eigenvalue weighted by Gasteiger charge is -2.39. The second-order valence-electron chi connectivity index (χ2n) is 9.11. The number of hydrogen-bond donors (Lipinski definition) is 4. The molecule has 0 aliphatic carbocycles. The highest BCUT2D eigenvalue weighted by molar-refractivity contribution is 5.78. The van der Waals surface area contributed by atoms with Gasteiger partial charge in [0.15, 0.2) is 0 Å². The van der Waals surface area contributed by atoms with Gasteiger partial charge in [-0.2, -0.15) is 0 Å². The molecule has 9 nitrogen and oxygen atoms in total. The predicted molar refractivity (Wildman–Crippen MR) is 136 cm³/mol. The molecule has 202 valence electrons. The second kappa shape index (κ2) is 12.4. The number of methoxy groups -OCH3 is 1. The fourth-order valence-electron chi connectivity index (χ4n) is 4.60. The number of aliphatic hydroxyl groups is 2. The zero-order valence-corrected chi connectivity index (χ0v) is 20.8. The first kappa shape index (κ1) is 27.5. The molecule has 1 saturated heterocycles. The van der Waals surface area contributed by atoms with Gasteiger partial charge in [0.05, 0.1) is 43.0 Å². The molecule has 2 heterocycles. The molecule has 1 aliphatic rings. The maximum absolute atomic E-state index is 13.8. The average molecular weight is 529 g/mol. The van der Waals surface area contributed by atoms with Crippen LogP contribution in [0, 0.1) is 11.6 Å². The van der Waals surface area contributed by atoms with Crippen molar-refractivity contribution >= 4 is 23.0 Å². The molecule has 3 aromatic rings. The zero-order chi connectivity index (χ0) is 27.2. The summed E-state index contributed by atoms with van der Waals surface area (Å²) < 4.78 is 38.4. The molecule has 38 heavy (non-hydrogen) atoms. The molecular weight excluding hydrogens is 498 g/mol. The third kappa shape index (κ3) is 6.48. The van der Waals surface area contributed by atoms with E-state index in [0.717, 1.165) is 18.2 Å². The number of aliphatic hydroxyl groups excluding tert-OH is 2. The van der Waals surface area contributed by atoms with Crippen LogP contribution in [-0.4, -0.2) is 64.1 Å². The fourth-order valence-corrected chi connectivity index (χ4v) is 4.60. The van der Waals surface area contributed by atoms with Crippen LogP contribution in [0.1, 0.15) is 36.5 Å². The molecular formula is C27H30F2N4O5. The van der Waals surface area contributed by atoms with E-state index in [-0.39, 0.29) is 23.9 Å². The van der Waals surface area contributed by atoms with E-state index in [1.54, 1.807) is 24.3 Å². The first-order valence-corrected chi connectivity index (χ1v) is 12.2. The van der Waals surface area contributed by atoms with Crippen LogP contribution in [0.5, 0.6) is 5.88 Å². The SMILES string of the molecule is COc1cnc2cccc([C@@H](O)[C@@H](O)[C@@H]3CC[C@@H](NC/C=C/c4cc(F)ccc4F)C(CC(N)=O)O3)c2n1. The molecule has 4 rings (SSSR count). The summed E-state index contributed by atoms with van der Waals surface area (Å²) in [5.41, 5.74) is 6.84. The highest BCUT2D eigenvalue weighted by Gasteiger charge is 2.38. The number of carbonyl (C=O) groups is 1. The molecule has 1 amide bonds. The van der Waals surface area contributed by atoms with Crippen molar-refractivity contribution in [1.82, 2.24) is 15.3 Å². The number of nitrogens with two attached hydrogens (primary N) is 1. The highest BCUT2D eigenvalue weighted by atomic mass is 19.1. The lowest BCUT2D eigenvalue weighted by molar-refractivity contribution is -0.152. The summed E-state index contributed by atoms with van der Waals surface area (Å²) in [5.74, 6) is -1.39. The van der Waals surface area contributed by atoms with Crippen molar-refractivity contribution in [1.29, 1.82) is 0 Å². The predicted octanol–water partition coefficient (Wildman–Crippen LogP) is 2.41. The number of carbonyl (C=O) groups excluding carboxylic acids is 1. The lowest BCUT2D eigenvalue weighted by atomic mass is 9.90. The van der Waals surface area contributed by atoms with Crippen LogP contribution in [0.2, 0.25) is 0 Å². The van der Waals surface area contributed by atoms with Crippen LogP contribution >= 0.6 is 0 Å². The molecule has 1 fully saturated rings. The fraction of sp³-hybridized carbons (Fsp3) is 0.370. The summed E-state index contributed by atoms with van der Waals surface area (Å²) in [6, 6.07) is 7.99. The number of nitrogens with zero attached hydrogens (tertiary/aromatic N) is 2. The van der Waals surface area contributed by atoms with Gasteiger partial charge >= 0.3 is 0 Å². The van der Waals surface area contributed by atoms with Crippen molar-refractivity contribution in [3.8, 4) is 5.88 Å². The van der Waals surface area contributed by atoms with Gasteiger partial charge in [0.25, 0.3) is 0 Å². The van der Waals surface area contributed by atoms with Crippen LogP contribution in [0.4, 0.5) is 8.78 Å². The molecule has 11 heteroatoms. The topological polar surface area (TPSA) is 140 Å². The number of amides is 1. The quantitative estimate of drug-likeness (QED) is 0.315. The van der Waals surface area contributed by atoms with Gasteiger partial charge in [-0.05, 0) is 37.1 Å². The van der Waals surface area contributed by atoms with E-state index in [4.69, 9.17) is 15.2 Å². The van der Waals surface area contributed by atoms with E-state index in [9.17, 15) is 23.8 Å². The minimum absolute atomic E-state index is 0.101. The molecule has 5 atom stereocenters. The van der Waals surface area contributed by atoms with Crippen LogP contribution in [0.15, 0.2) is 48.7 Å². The van der Waals surface area contributed by atoms with Gasteiger partial charge < -0.3 is 30.7 Å². The van der Waals surface area contributed by atoms with Crippen molar-refractivity contribution < 1.29 is 33.3 Å². The third-order valence-corrected chi connectivity index (χ3v) is 6.53. The first-order valence-electron chi connectivity index (χ1n) is 12.2. The lowest BCUT2D eigenvalue weighted by Crippen LogP contribution is -2.52. The number of ether oxygens (including phenoxy) is 2. The highest BCUT2D eigenvalue weighted by Crippen LogP contribution is 2.32. The Morgan fingerprint density at radius 3 is 2.87 bits per heavy atom. The monoisotopic (exact) mass is 528 g/mol. The maximum atomic E-state index is 13.8. The summed E-state index contributed by atoms with van der Waals surface area (Å²) in [5, 5.41) is 25.3. The van der Waals surface area contributed by atoms with Gasteiger partial charge in [-0.15, -0.1) is 0 Å². The number of halogens is 2. The minimum atomic E-state index is -1.34. The number of para-hydroxylation sites is 1. The second-order valence-corrected chi connectivity index (χ2v) is 9.11. The average Bonchev–Trinajstić information content (AvgIpc) is 2.91. The number of nitrogens with one attached hydrogen (secondary N) is 1. The van der Waals surface area contributed by atoms with Crippen molar-refractivity contribution in [2.75, 3.05) is 13.7 Å². The standard InChI is InChI=1S/C27H30F2N4O5/c1-37-24-14-32-20-6-2-5-17(25(20)33-24)26(35)27(36)21-10-9-19(22(38-21)13-23(30)34)31-11-3-4-15-12-16(28)7-8-18(15)29/h2-8,12,14,19,21-22,26-27,31,35-36H,9-11,13H2,1H3,(H2,30,34)/b4-3+/t19-,21+,22?,26-,27+/m1/s1. The molecule has 0 spiro atoms. The van der Waals surface area contributed by atoms with Gasteiger partial charge in [0, 0.05) is 23.7 Å². The Kier molecular flexibility index (Phi) is 8.95. The summed E-state index contributed by atoms with van der Waals surface area (Å²) in [7, 11) is 1.46. The number of benzene rings is 2. The summed E-state index contributed by atoms with van der Waals surface area (Å²) in [4.78, 5) is 20.4. The van der Waals surface area contributed by atoms with E-state index in [0.29, 0.717) is 36.0 Å². The number of primary amides is 1. The van der Waals surface area contributed by atoms with Gasteiger partial charge in [0.1, 0.15) is 23.8 Å². The normalized spacial score (nSPS) is 21.4. The molecule has 5 N–H and O–H groups in total. The molecule has 1 unspecified atom stereocenters. The van der Waals surface area contributed by atoms with Crippen LogP contribution in [0.3, 0.4) is 0 Å². The van der Waals surface area contributed by atoms with Crippen molar-refractivity contribution in [3.63, 3.8) is 0 Å². The summed E-state index contributed by atoms with van der Waals surface area (Å²) in [6.45, 7) is 0.297. The number of rotatable bonds is 10. The maximum Gasteiger partial charge on any atom is 0.232 e. The Hall–Kier alpha value is -3.51. The molecule has 0 saturated carbocycles. The number of fused-ring (bicyclic) bond motifs is 1. The van der Waals surface area contributed by atoms with Gasteiger partial charge in [-0.25, -0.2) is 18.7 Å². The Bertz CT molecular complexity index is 1310. The van der Waals surface area contributed by atoms with E-state index in [1.807, 2.05) is 0 Å². The smallest absolute Gasteiger partial charge is 0.232 e. The van der Waals surface area contributed by atoms with Gasteiger partial charge in [0.2, 0.25) is 11.8 Å². The van der Waals surface area contributed by atoms with Gasteiger partial charge in [-0.3, -0.25) is 4.79 Å². The van der Waals surface area contributed by atoms with E-state index in [2.05, 4.69) is 15.3 Å². The Balaban J connectivity index is 1.43. The third-order valence-electron chi connectivity index (χ3n) is 6.53. The Morgan fingerprint density at radius 1 is 1.29 bits per heavy atom. The minimum Gasteiger partial charge on any atom is -0.480 e. The largest absolute Gasteiger partial charge is 0.480 e. The van der Waals surface area contributed by atoms with E-state index >= 15 is 0 Å². The van der Waals surface area contributed by atoms with Crippen molar-refractivity contribution in [2.45, 2.75) is 49.7 Å². The summed E-state index contributed by atoms with van der Waals surface area (Å²) >= 11 is 0. The molecule has 2 aromatic carbocycles. The van der Waals surface area contributed by atoms with Crippen molar-refractivity contribution in [3.05, 3.63) is 71.4 Å². The van der Waals surface area contributed by atoms with Crippen molar-refractivity contribution in [2.24, 2.45) is 5.73 Å².